The van der Waals surface area contributed by atoms with E-state index in [9.17, 15) is 4.39 Å². The molecule has 2 N–H and O–H groups in total. The lowest BCUT2D eigenvalue weighted by atomic mass is 10.1. The van der Waals surface area contributed by atoms with Gasteiger partial charge in [0.1, 0.15) is 11.4 Å². The molecule has 6 aromatic rings. The summed E-state index contributed by atoms with van der Waals surface area (Å²) in [7, 11) is 1.61. The number of nitrogens with one attached hydrogen (secondary N) is 2. The largest absolute Gasteiger partial charge is 0.495 e. The van der Waals surface area contributed by atoms with Gasteiger partial charge in [-0.3, -0.25) is 20.1 Å². The normalized spacial score (nSPS) is 11.4. The topological polar surface area (TPSA) is 92.4 Å². The molecule has 0 amide bonds. The van der Waals surface area contributed by atoms with Gasteiger partial charge in [-0.1, -0.05) is 0 Å². The van der Waals surface area contributed by atoms with Crippen molar-refractivity contribution in [1.82, 2.24) is 30.1 Å². The van der Waals surface area contributed by atoms with E-state index < -0.39 is 0 Å². The van der Waals surface area contributed by atoms with Gasteiger partial charge in [-0.2, -0.15) is 9.49 Å². The highest BCUT2D eigenvalue weighted by atomic mass is 32.1. The summed E-state index contributed by atoms with van der Waals surface area (Å²) >= 11 is 1.08. The Labute approximate surface area is 185 Å². The van der Waals surface area contributed by atoms with Crippen LogP contribution in [0, 0.1) is 5.13 Å². The highest BCUT2D eigenvalue weighted by Crippen LogP contribution is 2.35. The van der Waals surface area contributed by atoms with E-state index in [1.807, 2.05) is 24.3 Å². The molecule has 0 radical (unpaired) electrons. The van der Waals surface area contributed by atoms with Gasteiger partial charge in [0.15, 0.2) is 5.13 Å². The number of hydrogen-bond donors (Lipinski definition) is 2. The number of ether oxygens (including phenoxy) is 1. The summed E-state index contributed by atoms with van der Waals surface area (Å²) in [5, 5.41) is 9.16. The molecule has 0 unspecified atom stereocenters. The van der Waals surface area contributed by atoms with Crippen LogP contribution >= 0.6 is 11.3 Å². The summed E-state index contributed by atoms with van der Waals surface area (Å²) in [6.07, 6.45) is 6.87. The lowest BCUT2D eigenvalue weighted by molar-refractivity contribution is 0.413. The highest BCUT2D eigenvalue weighted by molar-refractivity contribution is 7.13. The van der Waals surface area contributed by atoms with E-state index in [-0.39, 0.29) is 5.13 Å². The lowest BCUT2D eigenvalue weighted by Crippen LogP contribution is -1.88. The van der Waals surface area contributed by atoms with Crippen molar-refractivity contribution in [1.29, 1.82) is 0 Å². The molecule has 0 aliphatic heterocycles. The fourth-order valence-corrected chi connectivity index (χ4v) is 4.51. The maximum atomic E-state index is 13.6. The van der Waals surface area contributed by atoms with Gasteiger partial charge in [0.2, 0.25) is 0 Å². The van der Waals surface area contributed by atoms with Crippen LogP contribution in [-0.4, -0.2) is 37.2 Å². The van der Waals surface area contributed by atoms with Gasteiger partial charge in [-0.15, -0.1) is 11.3 Å². The van der Waals surface area contributed by atoms with Crippen LogP contribution in [0.4, 0.5) is 4.39 Å². The first-order valence-corrected chi connectivity index (χ1v) is 10.6. The molecule has 156 valence electrons. The molecule has 7 nitrogen and oxygen atoms in total. The molecule has 0 bridgehead atoms. The number of rotatable bonds is 4. The number of fused-ring (bicyclic) bond motifs is 2. The average molecular weight is 442 g/mol. The van der Waals surface area contributed by atoms with Gasteiger partial charge in [-0.25, -0.2) is 0 Å². The van der Waals surface area contributed by atoms with Crippen molar-refractivity contribution in [3.8, 4) is 39.0 Å². The van der Waals surface area contributed by atoms with Crippen molar-refractivity contribution in [3.63, 3.8) is 0 Å². The fourth-order valence-electron chi connectivity index (χ4n) is 3.77. The third-order valence-corrected chi connectivity index (χ3v) is 6.18. The van der Waals surface area contributed by atoms with Crippen molar-refractivity contribution in [3.05, 3.63) is 66.3 Å². The van der Waals surface area contributed by atoms with Crippen LogP contribution in [0.5, 0.6) is 5.75 Å². The molecule has 0 spiro atoms. The Morgan fingerprint density at radius 2 is 1.84 bits per heavy atom. The molecular formula is C23H15FN6OS. The number of halogens is 1. The predicted octanol–water partition coefficient (Wildman–Crippen LogP) is 5.44. The zero-order chi connectivity index (χ0) is 21.7. The van der Waals surface area contributed by atoms with Gasteiger partial charge in [0, 0.05) is 34.2 Å². The second-order valence-electron chi connectivity index (χ2n) is 7.21. The van der Waals surface area contributed by atoms with Crippen molar-refractivity contribution >= 4 is 33.1 Å². The first-order valence-electron chi connectivity index (χ1n) is 9.77. The lowest BCUT2D eigenvalue weighted by Gasteiger charge is -2.04. The average Bonchev–Trinajstić information content (AvgIpc) is 3.55. The van der Waals surface area contributed by atoms with E-state index in [2.05, 4.69) is 30.1 Å². The zero-order valence-electron chi connectivity index (χ0n) is 16.8. The number of aromatic amines is 2. The molecule has 6 heterocycles. The van der Waals surface area contributed by atoms with E-state index in [0.717, 1.165) is 66.4 Å². The van der Waals surface area contributed by atoms with Crippen molar-refractivity contribution in [2.45, 2.75) is 0 Å². The number of methoxy groups -OCH3 is 1. The minimum Gasteiger partial charge on any atom is -0.495 e. The molecular weight excluding hydrogens is 427 g/mol. The van der Waals surface area contributed by atoms with E-state index in [1.165, 1.54) is 6.07 Å². The Balaban J connectivity index is 1.49. The smallest absolute Gasteiger partial charge is 0.177 e. The van der Waals surface area contributed by atoms with E-state index in [1.54, 1.807) is 38.0 Å². The van der Waals surface area contributed by atoms with Crippen LogP contribution in [0.3, 0.4) is 0 Å². The summed E-state index contributed by atoms with van der Waals surface area (Å²) in [5.74, 6) is 0.664. The molecule has 32 heavy (non-hydrogen) atoms. The Morgan fingerprint density at radius 3 is 2.69 bits per heavy atom. The van der Waals surface area contributed by atoms with Gasteiger partial charge < -0.3 is 9.72 Å². The van der Waals surface area contributed by atoms with Gasteiger partial charge >= 0.3 is 0 Å². The first-order chi connectivity index (χ1) is 15.7. The van der Waals surface area contributed by atoms with E-state index >= 15 is 0 Å². The van der Waals surface area contributed by atoms with Crippen LogP contribution in [0.2, 0.25) is 0 Å². The Morgan fingerprint density at radius 1 is 0.938 bits per heavy atom. The third-order valence-electron chi connectivity index (χ3n) is 5.30. The Bertz CT molecular complexity index is 1600. The molecule has 0 saturated carbocycles. The van der Waals surface area contributed by atoms with Crippen LogP contribution in [-0.2, 0) is 0 Å². The molecule has 0 fully saturated rings. The molecule has 0 atom stereocenters. The molecule has 0 aliphatic rings. The Kier molecular flexibility index (Phi) is 4.22. The second kappa shape index (κ2) is 7.24. The molecule has 6 aromatic heterocycles. The van der Waals surface area contributed by atoms with Crippen molar-refractivity contribution in [2.75, 3.05) is 7.11 Å². The number of pyridine rings is 3. The minimum absolute atomic E-state index is 0.236. The van der Waals surface area contributed by atoms with Gasteiger partial charge in [-0.05, 0) is 36.4 Å². The zero-order valence-corrected chi connectivity index (χ0v) is 17.6. The summed E-state index contributed by atoms with van der Waals surface area (Å²) in [4.78, 5) is 17.4. The SMILES string of the molecule is COc1cncc(-c2cc3c(-c4cc5c(-c6ccc(F)s6)nccc5[nH]4)n[nH]c3cn2)c1. The summed E-state index contributed by atoms with van der Waals surface area (Å²) in [6, 6.07) is 11.0. The standard InChI is InChI=1S/C23H15FN6OS/c1-31-13-6-12(9-25-10-13)17-7-15-19(11-27-17)29-30-22(15)18-8-14-16(28-18)4-5-26-23(14)20-2-3-21(24)32-20/h2-11,28H,1H3,(H,29,30). The number of nitrogens with zero attached hydrogens (tertiary/aromatic N) is 4. The van der Waals surface area contributed by atoms with Crippen LogP contribution in [0.15, 0.2) is 61.2 Å². The van der Waals surface area contributed by atoms with Crippen molar-refractivity contribution in [2.24, 2.45) is 0 Å². The highest BCUT2D eigenvalue weighted by Gasteiger charge is 2.16. The quantitative estimate of drug-likeness (QED) is 0.379. The van der Waals surface area contributed by atoms with E-state index in [4.69, 9.17) is 4.74 Å². The minimum atomic E-state index is -0.236. The molecule has 0 saturated heterocycles. The van der Waals surface area contributed by atoms with E-state index in [0.29, 0.717) is 5.75 Å². The van der Waals surface area contributed by atoms with Crippen LogP contribution < -0.4 is 4.74 Å². The monoisotopic (exact) mass is 442 g/mol. The first kappa shape index (κ1) is 18.6. The number of aromatic nitrogens is 6. The fraction of sp³-hybridized carbons (Fsp3) is 0.0435. The summed E-state index contributed by atoms with van der Waals surface area (Å²) in [6.45, 7) is 0. The molecule has 0 aromatic carbocycles. The van der Waals surface area contributed by atoms with Gasteiger partial charge in [0.25, 0.3) is 0 Å². The summed E-state index contributed by atoms with van der Waals surface area (Å²) < 4.78 is 18.9. The predicted molar refractivity (Wildman–Crippen MR) is 122 cm³/mol. The second-order valence-corrected chi connectivity index (χ2v) is 8.24. The summed E-state index contributed by atoms with van der Waals surface area (Å²) in [5.41, 5.74) is 5.67. The van der Waals surface area contributed by atoms with Crippen LogP contribution in [0.1, 0.15) is 0 Å². The van der Waals surface area contributed by atoms with Crippen LogP contribution in [0.25, 0.3) is 55.0 Å². The number of hydrogen-bond acceptors (Lipinski definition) is 6. The van der Waals surface area contributed by atoms with Gasteiger partial charge in [0.05, 0.1) is 47.0 Å². The molecule has 6 rings (SSSR count). The molecule has 0 aliphatic carbocycles. The van der Waals surface area contributed by atoms with Crippen molar-refractivity contribution < 1.29 is 9.13 Å². The number of thiophene rings is 1. The Hall–Kier alpha value is -4.11. The maximum Gasteiger partial charge on any atom is 0.177 e. The molecule has 9 heteroatoms. The third kappa shape index (κ3) is 3.02. The maximum absolute atomic E-state index is 13.6. The number of H-pyrrole nitrogens is 2.